The summed E-state index contributed by atoms with van der Waals surface area (Å²) in [4.78, 5) is 4.50. The van der Waals surface area contributed by atoms with Gasteiger partial charge in [0.15, 0.2) is 15.1 Å². The lowest BCUT2D eigenvalue weighted by Crippen LogP contribution is -2.46. The summed E-state index contributed by atoms with van der Waals surface area (Å²) in [5, 5.41) is 11.9. The predicted molar refractivity (Wildman–Crippen MR) is 78.3 cm³/mol. The third-order valence-electron chi connectivity index (χ3n) is 3.45. The second kappa shape index (κ2) is 5.49. The van der Waals surface area contributed by atoms with E-state index >= 15 is 0 Å². The average molecular weight is 352 g/mol. The van der Waals surface area contributed by atoms with Crippen molar-refractivity contribution < 1.29 is 18.3 Å². The van der Waals surface area contributed by atoms with Crippen LogP contribution in [0.25, 0.3) is 4.96 Å². The van der Waals surface area contributed by atoms with Gasteiger partial charge < -0.3 is 9.84 Å². The van der Waals surface area contributed by atoms with Crippen LogP contribution in [0, 0.1) is 0 Å². The first-order chi connectivity index (χ1) is 9.91. The standard InChI is InChI=1S/C11H14ClN3O4S2/c12-8-9(15-3-6-20-10(15)14-8)21(17,18)13-7-11(16)1-4-19-5-2-11/h3,6,13,16H,1-2,4-5,7H2. The Morgan fingerprint density at radius 1 is 1.52 bits per heavy atom. The van der Waals surface area contributed by atoms with Crippen molar-refractivity contribution in [2.45, 2.75) is 23.5 Å². The molecule has 2 aromatic rings. The van der Waals surface area contributed by atoms with Gasteiger partial charge in [-0.2, -0.15) is 0 Å². The minimum absolute atomic E-state index is 0.0756. The summed E-state index contributed by atoms with van der Waals surface area (Å²) in [6, 6.07) is 0. The number of hydrogen-bond donors (Lipinski definition) is 2. The predicted octanol–water partition coefficient (Wildman–Crippen LogP) is 0.869. The molecule has 1 aliphatic rings. The van der Waals surface area contributed by atoms with E-state index in [1.807, 2.05) is 0 Å². The van der Waals surface area contributed by atoms with Crippen LogP contribution in [-0.4, -0.2) is 48.3 Å². The number of imidazole rings is 1. The van der Waals surface area contributed by atoms with Gasteiger partial charge in [-0.15, -0.1) is 11.3 Å². The molecule has 2 aromatic heterocycles. The molecule has 0 aromatic carbocycles. The van der Waals surface area contributed by atoms with Gasteiger partial charge in [-0.25, -0.2) is 18.1 Å². The number of halogens is 1. The molecular weight excluding hydrogens is 338 g/mol. The molecule has 0 amide bonds. The summed E-state index contributed by atoms with van der Waals surface area (Å²) >= 11 is 7.22. The quantitative estimate of drug-likeness (QED) is 0.852. The van der Waals surface area contributed by atoms with Crippen LogP contribution in [0.5, 0.6) is 0 Å². The van der Waals surface area contributed by atoms with E-state index in [0.717, 1.165) is 0 Å². The maximum Gasteiger partial charge on any atom is 0.259 e. The number of sulfonamides is 1. The molecule has 0 bridgehead atoms. The first-order valence-electron chi connectivity index (χ1n) is 6.32. The number of thiazole rings is 1. The Balaban J connectivity index is 1.84. The number of ether oxygens (including phenoxy) is 1. The monoisotopic (exact) mass is 351 g/mol. The molecule has 7 nitrogen and oxygen atoms in total. The Labute approximate surface area is 130 Å². The summed E-state index contributed by atoms with van der Waals surface area (Å²) in [6.07, 6.45) is 2.38. The van der Waals surface area contributed by atoms with Crippen molar-refractivity contribution in [3.05, 3.63) is 16.7 Å². The van der Waals surface area contributed by atoms with E-state index in [9.17, 15) is 13.5 Å². The Bertz CT molecular complexity index is 749. The zero-order valence-electron chi connectivity index (χ0n) is 11.0. The highest BCUT2D eigenvalue weighted by Crippen LogP contribution is 2.26. The Kier molecular flexibility index (Phi) is 3.97. The number of fused-ring (bicyclic) bond motifs is 1. The molecule has 0 saturated carbocycles. The highest BCUT2D eigenvalue weighted by atomic mass is 35.5. The number of rotatable bonds is 4. The van der Waals surface area contributed by atoms with Gasteiger partial charge in [0.25, 0.3) is 10.0 Å². The zero-order valence-corrected chi connectivity index (χ0v) is 13.3. The largest absolute Gasteiger partial charge is 0.388 e. The topological polar surface area (TPSA) is 92.9 Å². The SMILES string of the molecule is O=S(=O)(NCC1(O)CCOCC1)c1c(Cl)nc2sccn12. The van der Waals surface area contributed by atoms with Crippen LogP contribution in [0.15, 0.2) is 16.6 Å². The molecule has 0 atom stereocenters. The molecule has 3 rings (SSSR count). The molecule has 2 N–H and O–H groups in total. The van der Waals surface area contributed by atoms with E-state index in [0.29, 0.717) is 31.0 Å². The normalized spacial score (nSPS) is 19.1. The van der Waals surface area contributed by atoms with Gasteiger partial charge in [0.2, 0.25) is 0 Å². The van der Waals surface area contributed by atoms with E-state index in [-0.39, 0.29) is 16.7 Å². The summed E-state index contributed by atoms with van der Waals surface area (Å²) in [5.74, 6) is 0. The highest BCUT2D eigenvalue weighted by Gasteiger charge is 2.33. The molecular formula is C11H14ClN3O4S2. The van der Waals surface area contributed by atoms with Crippen molar-refractivity contribution in [3.63, 3.8) is 0 Å². The zero-order chi connectivity index (χ0) is 15.1. The molecule has 1 aliphatic heterocycles. The maximum atomic E-state index is 12.4. The molecule has 21 heavy (non-hydrogen) atoms. The first-order valence-corrected chi connectivity index (χ1v) is 9.06. The fourth-order valence-corrected chi connectivity index (χ4v) is 4.77. The molecule has 0 radical (unpaired) electrons. The van der Waals surface area contributed by atoms with Crippen molar-refractivity contribution >= 4 is 37.9 Å². The number of nitrogens with one attached hydrogen (secondary N) is 1. The van der Waals surface area contributed by atoms with Crippen molar-refractivity contribution in [2.24, 2.45) is 0 Å². The summed E-state index contributed by atoms with van der Waals surface area (Å²) in [6.45, 7) is 0.757. The highest BCUT2D eigenvalue weighted by molar-refractivity contribution is 7.89. The van der Waals surface area contributed by atoms with Crippen molar-refractivity contribution in [3.8, 4) is 0 Å². The van der Waals surface area contributed by atoms with Crippen molar-refractivity contribution in [2.75, 3.05) is 19.8 Å². The van der Waals surface area contributed by atoms with Crippen LogP contribution in [0.1, 0.15) is 12.8 Å². The molecule has 1 fully saturated rings. The fraction of sp³-hybridized carbons (Fsp3) is 0.545. The van der Waals surface area contributed by atoms with Crippen LogP contribution >= 0.6 is 22.9 Å². The van der Waals surface area contributed by atoms with E-state index in [1.54, 1.807) is 11.6 Å². The van der Waals surface area contributed by atoms with E-state index in [2.05, 4.69) is 9.71 Å². The number of aromatic nitrogens is 2. The summed E-state index contributed by atoms with van der Waals surface area (Å²) in [5.41, 5.74) is -1.09. The lowest BCUT2D eigenvalue weighted by atomic mass is 9.95. The third kappa shape index (κ3) is 2.94. The van der Waals surface area contributed by atoms with Gasteiger partial charge in [-0.3, -0.25) is 4.40 Å². The van der Waals surface area contributed by atoms with E-state index < -0.39 is 15.6 Å². The molecule has 0 spiro atoms. The minimum Gasteiger partial charge on any atom is -0.388 e. The number of hydrogen-bond acceptors (Lipinski definition) is 6. The Morgan fingerprint density at radius 2 is 2.24 bits per heavy atom. The van der Waals surface area contributed by atoms with Crippen LogP contribution in [0.4, 0.5) is 0 Å². The van der Waals surface area contributed by atoms with Gasteiger partial charge in [0, 0.05) is 44.2 Å². The molecule has 3 heterocycles. The van der Waals surface area contributed by atoms with Crippen LogP contribution < -0.4 is 4.72 Å². The van der Waals surface area contributed by atoms with Gasteiger partial charge in [-0.05, 0) is 0 Å². The molecule has 0 unspecified atom stereocenters. The molecule has 116 valence electrons. The van der Waals surface area contributed by atoms with Gasteiger partial charge in [-0.1, -0.05) is 11.6 Å². The first kappa shape index (κ1) is 15.2. The summed E-state index contributed by atoms with van der Waals surface area (Å²) in [7, 11) is -3.86. The lowest BCUT2D eigenvalue weighted by molar-refractivity contribution is -0.0588. The molecule has 0 aliphatic carbocycles. The van der Waals surface area contributed by atoms with Crippen molar-refractivity contribution in [1.82, 2.24) is 14.1 Å². The number of aliphatic hydroxyl groups is 1. The van der Waals surface area contributed by atoms with Crippen molar-refractivity contribution in [1.29, 1.82) is 0 Å². The summed E-state index contributed by atoms with van der Waals surface area (Å²) < 4.78 is 33.8. The molecule has 10 heteroatoms. The lowest BCUT2D eigenvalue weighted by Gasteiger charge is -2.31. The molecule has 1 saturated heterocycles. The van der Waals surface area contributed by atoms with Gasteiger partial charge in [0.1, 0.15) is 0 Å². The Morgan fingerprint density at radius 3 is 2.95 bits per heavy atom. The van der Waals surface area contributed by atoms with Gasteiger partial charge >= 0.3 is 0 Å². The maximum absolute atomic E-state index is 12.4. The van der Waals surface area contributed by atoms with E-state index in [1.165, 1.54) is 15.7 Å². The van der Waals surface area contributed by atoms with Gasteiger partial charge in [0.05, 0.1) is 5.60 Å². The average Bonchev–Trinajstić information content (AvgIpc) is 2.97. The van der Waals surface area contributed by atoms with Crippen LogP contribution in [0.3, 0.4) is 0 Å². The Hall–Kier alpha value is -0.710. The van der Waals surface area contributed by atoms with Crippen LogP contribution in [-0.2, 0) is 14.8 Å². The van der Waals surface area contributed by atoms with E-state index in [4.69, 9.17) is 16.3 Å². The van der Waals surface area contributed by atoms with Crippen LogP contribution in [0.2, 0.25) is 5.15 Å². The minimum atomic E-state index is -3.86. The third-order valence-corrected chi connectivity index (χ3v) is 6.00. The second-order valence-electron chi connectivity index (χ2n) is 4.92. The fourth-order valence-electron chi connectivity index (χ4n) is 2.20. The number of nitrogens with zero attached hydrogens (tertiary/aromatic N) is 2. The second-order valence-corrected chi connectivity index (χ2v) is 7.84. The smallest absolute Gasteiger partial charge is 0.259 e.